The summed E-state index contributed by atoms with van der Waals surface area (Å²) < 4.78 is 5.11. The Morgan fingerprint density at radius 1 is 1.11 bits per heavy atom. The van der Waals surface area contributed by atoms with Crippen LogP contribution < -0.4 is 15.1 Å². The second kappa shape index (κ2) is 10.5. The van der Waals surface area contributed by atoms with Crippen molar-refractivity contribution in [1.82, 2.24) is 0 Å². The SMILES string of the molecule is CC1CCN(c2ccc(C(=O)OCC(=O)Nc3ccccc3N3CCCC3=O)cc2[N+](=O)[O-])CC1. The Labute approximate surface area is 203 Å². The largest absolute Gasteiger partial charge is 0.452 e. The maximum Gasteiger partial charge on any atom is 0.338 e. The fourth-order valence-corrected chi connectivity index (χ4v) is 4.43. The van der Waals surface area contributed by atoms with Gasteiger partial charge in [0.1, 0.15) is 5.69 Å². The number of anilines is 3. The predicted molar refractivity (Wildman–Crippen MR) is 131 cm³/mol. The Bertz CT molecular complexity index is 1140. The number of nitro benzene ring substituents is 1. The molecule has 4 rings (SSSR count). The number of hydrogen-bond acceptors (Lipinski definition) is 7. The Hall–Kier alpha value is -3.95. The number of para-hydroxylation sites is 2. The number of benzene rings is 2. The van der Waals surface area contributed by atoms with Crippen LogP contribution in [0.25, 0.3) is 0 Å². The molecule has 2 amide bonds. The minimum absolute atomic E-state index is 0.00157. The highest BCUT2D eigenvalue weighted by Gasteiger charge is 2.26. The fraction of sp³-hybridized carbons (Fsp3) is 0.400. The molecule has 0 aromatic heterocycles. The second-order valence-corrected chi connectivity index (χ2v) is 8.92. The van der Waals surface area contributed by atoms with E-state index >= 15 is 0 Å². The zero-order valence-corrected chi connectivity index (χ0v) is 19.6. The van der Waals surface area contributed by atoms with Crippen molar-refractivity contribution in [3.05, 3.63) is 58.1 Å². The first-order valence-electron chi connectivity index (χ1n) is 11.7. The van der Waals surface area contributed by atoms with Crippen LogP contribution in [0, 0.1) is 16.0 Å². The first-order valence-corrected chi connectivity index (χ1v) is 11.7. The number of piperidine rings is 1. The summed E-state index contributed by atoms with van der Waals surface area (Å²) in [5.74, 6) is -0.841. The lowest BCUT2D eigenvalue weighted by Crippen LogP contribution is -2.33. The third kappa shape index (κ3) is 5.59. The molecule has 0 unspecified atom stereocenters. The zero-order chi connectivity index (χ0) is 24.9. The molecule has 0 atom stereocenters. The van der Waals surface area contributed by atoms with Crippen LogP contribution >= 0.6 is 0 Å². The molecule has 0 saturated carbocycles. The van der Waals surface area contributed by atoms with Crippen molar-refractivity contribution in [3.8, 4) is 0 Å². The van der Waals surface area contributed by atoms with E-state index in [9.17, 15) is 24.5 Å². The summed E-state index contributed by atoms with van der Waals surface area (Å²) in [5, 5.41) is 14.3. The van der Waals surface area contributed by atoms with E-state index in [1.54, 1.807) is 35.2 Å². The highest BCUT2D eigenvalue weighted by atomic mass is 16.6. The van der Waals surface area contributed by atoms with Gasteiger partial charge in [-0.3, -0.25) is 19.7 Å². The van der Waals surface area contributed by atoms with E-state index < -0.39 is 23.4 Å². The summed E-state index contributed by atoms with van der Waals surface area (Å²) in [7, 11) is 0. The predicted octanol–water partition coefficient (Wildman–Crippen LogP) is 3.75. The smallest absolute Gasteiger partial charge is 0.338 e. The highest BCUT2D eigenvalue weighted by Crippen LogP contribution is 2.33. The number of ether oxygens (including phenoxy) is 1. The van der Waals surface area contributed by atoms with Crippen LogP contribution in [0.4, 0.5) is 22.7 Å². The molecule has 0 aliphatic carbocycles. The molecule has 10 heteroatoms. The number of hydrogen-bond donors (Lipinski definition) is 1. The summed E-state index contributed by atoms with van der Waals surface area (Å²) >= 11 is 0. The van der Waals surface area contributed by atoms with Gasteiger partial charge in [0.15, 0.2) is 6.61 Å². The molecule has 2 aromatic rings. The van der Waals surface area contributed by atoms with Gasteiger partial charge in [-0.25, -0.2) is 4.79 Å². The first kappa shape index (κ1) is 24.2. The average molecular weight is 481 g/mol. The monoisotopic (exact) mass is 480 g/mol. The molecule has 0 bridgehead atoms. The first-order chi connectivity index (χ1) is 16.8. The number of carbonyl (C=O) groups excluding carboxylic acids is 3. The van der Waals surface area contributed by atoms with Crippen molar-refractivity contribution in [2.24, 2.45) is 5.92 Å². The third-order valence-electron chi connectivity index (χ3n) is 6.41. The molecular formula is C25H28N4O6. The van der Waals surface area contributed by atoms with Crippen LogP contribution in [0.15, 0.2) is 42.5 Å². The van der Waals surface area contributed by atoms with Crippen molar-refractivity contribution in [3.63, 3.8) is 0 Å². The van der Waals surface area contributed by atoms with Gasteiger partial charge in [0, 0.05) is 32.1 Å². The molecule has 184 valence electrons. The van der Waals surface area contributed by atoms with Gasteiger partial charge >= 0.3 is 5.97 Å². The average Bonchev–Trinajstić information content (AvgIpc) is 3.28. The number of rotatable bonds is 7. The van der Waals surface area contributed by atoms with E-state index in [0.29, 0.717) is 35.9 Å². The molecule has 0 radical (unpaired) electrons. The molecule has 2 aliphatic rings. The van der Waals surface area contributed by atoms with Crippen molar-refractivity contribution in [2.75, 3.05) is 41.4 Å². The lowest BCUT2D eigenvalue weighted by molar-refractivity contribution is -0.384. The summed E-state index contributed by atoms with van der Waals surface area (Å²) in [4.78, 5) is 51.8. The number of nitrogens with zero attached hydrogens (tertiary/aromatic N) is 3. The lowest BCUT2D eigenvalue weighted by atomic mass is 9.98. The van der Waals surface area contributed by atoms with Gasteiger partial charge in [0.2, 0.25) is 5.91 Å². The van der Waals surface area contributed by atoms with E-state index in [0.717, 1.165) is 32.4 Å². The third-order valence-corrected chi connectivity index (χ3v) is 6.41. The normalized spacial score (nSPS) is 16.3. The Balaban J connectivity index is 1.40. The lowest BCUT2D eigenvalue weighted by Gasteiger charge is -2.31. The van der Waals surface area contributed by atoms with E-state index in [1.807, 2.05) is 4.90 Å². The van der Waals surface area contributed by atoms with Crippen LogP contribution in [0.1, 0.15) is 43.0 Å². The minimum atomic E-state index is -0.829. The van der Waals surface area contributed by atoms with Crippen molar-refractivity contribution in [2.45, 2.75) is 32.6 Å². The number of nitro groups is 1. The number of esters is 1. The van der Waals surface area contributed by atoms with Crippen LogP contribution in [-0.4, -0.2) is 48.9 Å². The van der Waals surface area contributed by atoms with Gasteiger partial charge in [-0.2, -0.15) is 0 Å². The quantitative estimate of drug-likeness (QED) is 0.364. The standard InChI is InChI=1S/C25H28N4O6/c1-17-10-13-27(14-11-17)21-9-8-18(15-22(21)29(33)34)25(32)35-16-23(30)26-19-5-2-3-6-20(19)28-12-4-7-24(28)31/h2-3,5-6,8-9,15,17H,4,7,10-14,16H2,1H3,(H,26,30). The molecule has 0 spiro atoms. The Kier molecular flexibility index (Phi) is 7.28. The van der Waals surface area contributed by atoms with Gasteiger partial charge < -0.3 is 19.9 Å². The van der Waals surface area contributed by atoms with Crippen molar-refractivity contribution in [1.29, 1.82) is 0 Å². The van der Waals surface area contributed by atoms with Crippen molar-refractivity contribution < 1.29 is 24.0 Å². The molecule has 2 saturated heterocycles. The molecule has 1 N–H and O–H groups in total. The van der Waals surface area contributed by atoms with Gasteiger partial charge in [-0.05, 0) is 49.4 Å². The Morgan fingerprint density at radius 3 is 2.54 bits per heavy atom. The minimum Gasteiger partial charge on any atom is -0.452 e. The molecule has 2 fully saturated rings. The molecule has 10 nitrogen and oxygen atoms in total. The molecule has 2 aliphatic heterocycles. The zero-order valence-electron chi connectivity index (χ0n) is 19.6. The van der Waals surface area contributed by atoms with Crippen LogP contribution in [-0.2, 0) is 14.3 Å². The summed E-state index contributed by atoms with van der Waals surface area (Å²) in [6.07, 6.45) is 3.11. The highest BCUT2D eigenvalue weighted by molar-refractivity contribution is 6.03. The number of carbonyl (C=O) groups is 3. The molecule has 2 heterocycles. The molecular weight excluding hydrogens is 452 g/mol. The maximum atomic E-state index is 12.5. The number of amides is 2. The summed E-state index contributed by atoms with van der Waals surface area (Å²) in [5.41, 5.74) is 1.35. The van der Waals surface area contributed by atoms with Crippen LogP contribution in [0.3, 0.4) is 0 Å². The summed E-state index contributed by atoms with van der Waals surface area (Å²) in [6.45, 7) is 3.60. The topological polar surface area (TPSA) is 122 Å². The van der Waals surface area contributed by atoms with E-state index in [1.165, 1.54) is 12.1 Å². The molecule has 35 heavy (non-hydrogen) atoms. The molecule has 2 aromatic carbocycles. The van der Waals surface area contributed by atoms with Crippen LogP contribution in [0.2, 0.25) is 0 Å². The van der Waals surface area contributed by atoms with E-state index in [-0.39, 0.29) is 17.2 Å². The Morgan fingerprint density at radius 2 is 1.86 bits per heavy atom. The van der Waals surface area contributed by atoms with Gasteiger partial charge in [0.25, 0.3) is 11.6 Å². The maximum absolute atomic E-state index is 12.5. The summed E-state index contributed by atoms with van der Waals surface area (Å²) in [6, 6.07) is 11.2. The van der Waals surface area contributed by atoms with E-state index in [2.05, 4.69) is 12.2 Å². The fourth-order valence-electron chi connectivity index (χ4n) is 4.43. The number of nitrogens with one attached hydrogen (secondary N) is 1. The van der Waals surface area contributed by atoms with E-state index in [4.69, 9.17) is 4.74 Å². The second-order valence-electron chi connectivity index (χ2n) is 8.92. The van der Waals surface area contributed by atoms with Crippen LogP contribution in [0.5, 0.6) is 0 Å². The van der Waals surface area contributed by atoms with Gasteiger partial charge in [-0.15, -0.1) is 0 Å². The van der Waals surface area contributed by atoms with Gasteiger partial charge in [0.05, 0.1) is 21.9 Å². The van der Waals surface area contributed by atoms with Crippen molar-refractivity contribution >= 4 is 40.5 Å². The van der Waals surface area contributed by atoms with Gasteiger partial charge in [-0.1, -0.05) is 19.1 Å².